The van der Waals surface area contributed by atoms with Gasteiger partial charge in [-0.15, -0.1) is 0 Å². The van der Waals surface area contributed by atoms with Crippen LogP contribution in [0.4, 0.5) is 8.78 Å². The number of hydrogen-bond donors (Lipinski definition) is 0. The zero-order valence-electron chi connectivity index (χ0n) is 13.9. The Balaban J connectivity index is 1.67. The smallest absolute Gasteiger partial charge is 0.314 e. The molecule has 1 saturated carbocycles. The Morgan fingerprint density at radius 3 is 2.58 bits per heavy atom. The number of carbonyl (C=O) groups is 1. The highest BCUT2D eigenvalue weighted by Gasteiger charge is 2.27. The average molecular weight is 332 g/mol. The van der Waals surface area contributed by atoms with Gasteiger partial charge in [0.05, 0.1) is 5.92 Å². The Bertz CT molecular complexity index is 734. The van der Waals surface area contributed by atoms with Gasteiger partial charge < -0.3 is 4.74 Å². The van der Waals surface area contributed by atoms with Crippen molar-refractivity contribution in [1.29, 1.82) is 0 Å². The summed E-state index contributed by atoms with van der Waals surface area (Å²) < 4.78 is 32.4. The summed E-state index contributed by atoms with van der Waals surface area (Å²) in [6.45, 7) is 2.19. The van der Waals surface area contributed by atoms with E-state index in [1.54, 1.807) is 6.07 Å². The molecular formula is C20H22F2O2. The van der Waals surface area contributed by atoms with Crippen molar-refractivity contribution >= 4 is 16.7 Å². The third kappa shape index (κ3) is 3.58. The highest BCUT2D eigenvalue weighted by molar-refractivity contribution is 5.85. The standard InChI is InChI=1S/C20H22F2O2/c1-2-3-13-4-6-14(7-5-13)20(23)24-16-9-10-17-15(12-16)8-11-18(21)19(17)22/h8-14H,2-7H2,1H3. The molecule has 1 fully saturated rings. The van der Waals surface area contributed by atoms with E-state index in [4.69, 9.17) is 4.74 Å². The number of esters is 1. The number of ether oxygens (including phenoxy) is 1. The zero-order chi connectivity index (χ0) is 17.1. The molecule has 0 atom stereocenters. The fourth-order valence-corrected chi connectivity index (χ4v) is 3.60. The molecule has 0 N–H and O–H groups in total. The SMILES string of the molecule is CCCC1CCC(C(=O)Oc2ccc3c(F)c(F)ccc3c2)CC1. The molecule has 128 valence electrons. The molecule has 1 aliphatic rings. The van der Waals surface area contributed by atoms with Crippen molar-refractivity contribution in [3.63, 3.8) is 0 Å². The van der Waals surface area contributed by atoms with Gasteiger partial charge in [0, 0.05) is 5.39 Å². The minimum absolute atomic E-state index is 0.0567. The molecule has 0 bridgehead atoms. The molecular weight excluding hydrogens is 310 g/mol. The van der Waals surface area contributed by atoms with E-state index < -0.39 is 11.6 Å². The van der Waals surface area contributed by atoms with Crippen molar-refractivity contribution in [3.8, 4) is 5.75 Å². The monoisotopic (exact) mass is 332 g/mol. The quantitative estimate of drug-likeness (QED) is 0.536. The van der Waals surface area contributed by atoms with Crippen LogP contribution < -0.4 is 4.74 Å². The maximum absolute atomic E-state index is 13.7. The summed E-state index contributed by atoms with van der Waals surface area (Å²) in [4.78, 5) is 12.3. The highest BCUT2D eigenvalue weighted by Crippen LogP contribution is 2.33. The van der Waals surface area contributed by atoms with Gasteiger partial charge in [0.25, 0.3) is 0 Å². The number of fused-ring (bicyclic) bond motifs is 1. The highest BCUT2D eigenvalue weighted by atomic mass is 19.2. The topological polar surface area (TPSA) is 26.3 Å². The first-order valence-corrected chi connectivity index (χ1v) is 8.68. The van der Waals surface area contributed by atoms with Crippen LogP contribution in [-0.4, -0.2) is 5.97 Å². The van der Waals surface area contributed by atoms with E-state index in [0.29, 0.717) is 11.1 Å². The van der Waals surface area contributed by atoms with Gasteiger partial charge in [0.1, 0.15) is 5.75 Å². The molecule has 0 unspecified atom stereocenters. The molecule has 0 heterocycles. The Morgan fingerprint density at radius 1 is 1.12 bits per heavy atom. The second-order valence-corrected chi connectivity index (χ2v) is 6.67. The van der Waals surface area contributed by atoms with Crippen molar-refractivity contribution < 1.29 is 18.3 Å². The van der Waals surface area contributed by atoms with Crippen LogP contribution in [-0.2, 0) is 4.79 Å². The van der Waals surface area contributed by atoms with E-state index >= 15 is 0 Å². The summed E-state index contributed by atoms with van der Waals surface area (Å²) in [6, 6.07) is 7.12. The number of halogens is 2. The van der Waals surface area contributed by atoms with Crippen molar-refractivity contribution in [2.75, 3.05) is 0 Å². The minimum Gasteiger partial charge on any atom is -0.426 e. The fourth-order valence-electron chi connectivity index (χ4n) is 3.60. The fraction of sp³-hybridized carbons (Fsp3) is 0.450. The van der Waals surface area contributed by atoms with Crippen LogP contribution in [0.25, 0.3) is 10.8 Å². The number of rotatable bonds is 4. The first kappa shape index (κ1) is 16.9. The van der Waals surface area contributed by atoms with E-state index in [1.807, 2.05) is 0 Å². The molecule has 2 aromatic carbocycles. The summed E-state index contributed by atoms with van der Waals surface area (Å²) in [7, 11) is 0. The maximum atomic E-state index is 13.7. The summed E-state index contributed by atoms with van der Waals surface area (Å²) in [5.41, 5.74) is 0. The zero-order valence-corrected chi connectivity index (χ0v) is 13.9. The Labute approximate surface area is 140 Å². The molecule has 1 aliphatic carbocycles. The van der Waals surface area contributed by atoms with E-state index in [0.717, 1.165) is 37.7 Å². The van der Waals surface area contributed by atoms with Crippen LogP contribution in [0.3, 0.4) is 0 Å². The molecule has 0 amide bonds. The lowest BCUT2D eigenvalue weighted by Crippen LogP contribution is -2.25. The molecule has 0 radical (unpaired) electrons. The molecule has 0 spiro atoms. The summed E-state index contributed by atoms with van der Waals surface area (Å²) in [6.07, 6.45) is 6.32. The van der Waals surface area contributed by atoms with Crippen molar-refractivity contribution in [2.24, 2.45) is 11.8 Å². The van der Waals surface area contributed by atoms with Gasteiger partial charge in [-0.1, -0.05) is 25.8 Å². The Morgan fingerprint density at radius 2 is 1.88 bits per heavy atom. The van der Waals surface area contributed by atoms with Crippen molar-refractivity contribution in [1.82, 2.24) is 0 Å². The maximum Gasteiger partial charge on any atom is 0.314 e. The van der Waals surface area contributed by atoms with E-state index in [2.05, 4.69) is 6.92 Å². The third-order valence-corrected chi connectivity index (χ3v) is 4.97. The van der Waals surface area contributed by atoms with Crippen molar-refractivity contribution in [3.05, 3.63) is 42.0 Å². The van der Waals surface area contributed by atoms with E-state index in [-0.39, 0.29) is 17.3 Å². The summed E-state index contributed by atoms with van der Waals surface area (Å²) in [5.74, 6) is -0.909. The van der Waals surface area contributed by atoms with Gasteiger partial charge >= 0.3 is 5.97 Å². The lowest BCUT2D eigenvalue weighted by Gasteiger charge is -2.26. The number of hydrogen-bond acceptors (Lipinski definition) is 2. The molecule has 0 aliphatic heterocycles. The first-order valence-electron chi connectivity index (χ1n) is 8.68. The predicted molar refractivity (Wildman–Crippen MR) is 89.9 cm³/mol. The van der Waals surface area contributed by atoms with Gasteiger partial charge in [0.15, 0.2) is 11.6 Å². The molecule has 0 saturated heterocycles. The lowest BCUT2D eigenvalue weighted by atomic mass is 9.80. The molecule has 2 aromatic rings. The lowest BCUT2D eigenvalue weighted by molar-refractivity contribution is -0.140. The van der Waals surface area contributed by atoms with Crippen molar-refractivity contribution in [2.45, 2.75) is 45.4 Å². The Hall–Kier alpha value is -1.97. The molecule has 24 heavy (non-hydrogen) atoms. The molecule has 0 aromatic heterocycles. The number of benzene rings is 2. The molecule has 3 rings (SSSR count). The summed E-state index contributed by atoms with van der Waals surface area (Å²) >= 11 is 0. The van der Waals surface area contributed by atoms with Crippen LogP contribution >= 0.6 is 0 Å². The van der Waals surface area contributed by atoms with Crippen LogP contribution in [0.15, 0.2) is 30.3 Å². The van der Waals surface area contributed by atoms with Gasteiger partial charge in [-0.3, -0.25) is 4.79 Å². The first-order chi connectivity index (χ1) is 11.6. The second kappa shape index (κ2) is 7.29. The average Bonchev–Trinajstić information content (AvgIpc) is 2.59. The minimum atomic E-state index is -0.879. The largest absolute Gasteiger partial charge is 0.426 e. The second-order valence-electron chi connectivity index (χ2n) is 6.67. The number of carbonyl (C=O) groups excluding carboxylic acids is 1. The molecule has 2 nitrogen and oxygen atoms in total. The normalized spacial score (nSPS) is 21.0. The van der Waals surface area contributed by atoms with Gasteiger partial charge in [-0.05, 0) is 61.3 Å². The van der Waals surface area contributed by atoms with Gasteiger partial charge in [0.2, 0.25) is 0 Å². The van der Waals surface area contributed by atoms with Crippen LogP contribution in [0, 0.1) is 23.5 Å². The van der Waals surface area contributed by atoms with E-state index in [9.17, 15) is 13.6 Å². The van der Waals surface area contributed by atoms with Crippen LogP contribution in [0.5, 0.6) is 5.75 Å². The van der Waals surface area contributed by atoms with Crippen LogP contribution in [0.1, 0.15) is 45.4 Å². The third-order valence-electron chi connectivity index (χ3n) is 4.97. The van der Waals surface area contributed by atoms with Crippen LogP contribution in [0.2, 0.25) is 0 Å². The molecule has 4 heteroatoms. The van der Waals surface area contributed by atoms with Gasteiger partial charge in [-0.2, -0.15) is 0 Å². The van der Waals surface area contributed by atoms with E-state index in [1.165, 1.54) is 31.0 Å². The predicted octanol–water partition coefficient (Wildman–Crippen LogP) is 5.63. The summed E-state index contributed by atoms with van der Waals surface area (Å²) in [5, 5.41) is 0.709. The Kier molecular flexibility index (Phi) is 5.12. The van der Waals surface area contributed by atoms with Gasteiger partial charge in [-0.25, -0.2) is 8.78 Å².